The number of aliphatic hydroxyl groups excluding tert-OH is 2. The molecule has 28 heteroatoms. The van der Waals surface area contributed by atoms with Crippen molar-refractivity contribution >= 4 is 69.1 Å². The van der Waals surface area contributed by atoms with E-state index in [4.69, 9.17) is 19.5 Å². The van der Waals surface area contributed by atoms with E-state index in [-0.39, 0.29) is 41.6 Å². The number of carbonyl (C=O) groups excluding carboxylic acids is 3. The molecule has 7 unspecified atom stereocenters. The molecule has 1 aliphatic rings. The molecule has 0 bridgehead atoms. The van der Waals surface area contributed by atoms with Crippen molar-refractivity contribution in [2.24, 2.45) is 5.41 Å². The molecule has 2 aromatic heterocycles. The van der Waals surface area contributed by atoms with Crippen LogP contribution in [0.5, 0.6) is 0 Å². The first-order chi connectivity index (χ1) is 28.1. The Kier molecular flexibility index (Phi) is 20.1. The summed E-state index contributed by atoms with van der Waals surface area (Å²) in [5.74, 6) is -1.09. The van der Waals surface area contributed by atoms with Crippen LogP contribution in [-0.4, -0.2) is 123 Å². The van der Waals surface area contributed by atoms with Gasteiger partial charge in [-0.1, -0.05) is 63.3 Å². The van der Waals surface area contributed by atoms with E-state index in [1.165, 1.54) is 13.8 Å². The third-order valence-electron chi connectivity index (χ3n) is 8.34. The largest absolute Gasteiger partial charge is 0.481 e. The summed E-state index contributed by atoms with van der Waals surface area (Å²) in [5.41, 5.74) is 4.27. The highest BCUT2D eigenvalue weighted by atomic mass is 32.2. The van der Waals surface area contributed by atoms with Crippen LogP contribution >= 0.6 is 35.2 Å². The van der Waals surface area contributed by atoms with Crippen LogP contribution in [0.25, 0.3) is 11.2 Å². The molecule has 2 aromatic rings. The van der Waals surface area contributed by atoms with Crippen molar-refractivity contribution in [3.63, 3.8) is 0 Å². The molecule has 1 aliphatic heterocycles. The van der Waals surface area contributed by atoms with E-state index in [9.17, 15) is 57.9 Å². The maximum Gasteiger partial charge on any atom is 0.481 e. The van der Waals surface area contributed by atoms with Crippen LogP contribution in [0.4, 0.5) is 5.82 Å². The van der Waals surface area contributed by atoms with Crippen molar-refractivity contribution in [3.05, 3.63) is 37.0 Å². The Morgan fingerprint density at radius 2 is 1.68 bits per heavy atom. The van der Waals surface area contributed by atoms with Gasteiger partial charge in [-0.3, -0.25) is 32.5 Å². The first kappa shape index (κ1) is 51.4. The Balaban J connectivity index is 1.42. The van der Waals surface area contributed by atoms with Crippen LogP contribution in [0.1, 0.15) is 65.5 Å². The van der Waals surface area contributed by atoms with Gasteiger partial charge in [0.2, 0.25) is 11.8 Å². The Labute approximate surface area is 349 Å². The number of ether oxygens (including phenoxy) is 1. The predicted molar refractivity (Wildman–Crippen MR) is 214 cm³/mol. The third-order valence-corrected chi connectivity index (χ3v) is 12.4. The number of carbonyl (C=O) groups is 3. The lowest BCUT2D eigenvalue weighted by molar-refractivity contribution is -0.137. The van der Waals surface area contributed by atoms with Gasteiger partial charge in [0.15, 0.2) is 22.8 Å². The number of allylic oxidation sites excluding steroid dienone is 4. The molecule has 3 rings (SSSR count). The topological polar surface area (TPSA) is 364 Å². The van der Waals surface area contributed by atoms with Crippen molar-refractivity contribution in [2.75, 3.05) is 37.8 Å². The molecule has 0 spiro atoms. The number of unbranched alkanes of at least 4 members (excludes halogenated alkanes) is 1. The van der Waals surface area contributed by atoms with Gasteiger partial charge in [-0.2, -0.15) is 4.31 Å². The van der Waals surface area contributed by atoms with Crippen LogP contribution < -0.4 is 16.4 Å². The Bertz CT molecular complexity index is 1960. The molecular weight excluding hydrogens is 879 g/mol. The van der Waals surface area contributed by atoms with Gasteiger partial charge in [-0.15, -0.1) is 0 Å². The van der Waals surface area contributed by atoms with E-state index in [2.05, 4.69) is 53.5 Å². The maximum absolute atomic E-state index is 12.7. The van der Waals surface area contributed by atoms with Gasteiger partial charge >= 0.3 is 23.5 Å². The van der Waals surface area contributed by atoms with E-state index < -0.39 is 84.6 Å². The molecule has 7 atom stereocenters. The highest BCUT2D eigenvalue weighted by molar-refractivity contribution is 8.13. The van der Waals surface area contributed by atoms with Crippen molar-refractivity contribution in [3.8, 4) is 0 Å². The fraction of sp³-hybridized carbons (Fsp3) is 0.625. The normalized spacial score (nSPS) is 21.3. The molecule has 0 aliphatic carbocycles. The number of imidazole rings is 1. The monoisotopic (exact) mass is 931 g/mol. The molecule has 1 saturated heterocycles. The van der Waals surface area contributed by atoms with E-state index in [0.717, 1.165) is 48.2 Å². The number of anilines is 1. The lowest BCUT2D eigenvalue weighted by Gasteiger charge is -2.30. The van der Waals surface area contributed by atoms with Crippen molar-refractivity contribution in [2.45, 2.75) is 89.9 Å². The van der Waals surface area contributed by atoms with Gasteiger partial charge in [-0.25, -0.2) is 28.6 Å². The van der Waals surface area contributed by atoms with E-state index in [0.29, 0.717) is 18.6 Å². The average molecular weight is 932 g/mol. The summed E-state index contributed by atoms with van der Waals surface area (Å²) in [6.45, 7) is 2.61. The average Bonchev–Trinajstić information content (AvgIpc) is 3.72. The second-order valence-electron chi connectivity index (χ2n) is 13.8. The number of aromatic nitrogens is 4. The zero-order chi connectivity index (χ0) is 44.7. The quantitative estimate of drug-likeness (QED) is 0.0368. The summed E-state index contributed by atoms with van der Waals surface area (Å²) in [5, 5.41) is 26.4. The molecular formula is C32H52N7O17P3S. The molecule has 1 fully saturated rings. The smallest absolute Gasteiger partial charge is 0.386 e. The minimum Gasteiger partial charge on any atom is -0.386 e. The number of hydrogen-bond acceptors (Lipinski definition) is 18. The number of nitrogens with one attached hydrogen (secondary N) is 2. The van der Waals surface area contributed by atoms with Crippen LogP contribution in [0.2, 0.25) is 0 Å². The van der Waals surface area contributed by atoms with Crippen LogP contribution in [0, 0.1) is 5.41 Å². The second-order valence-corrected chi connectivity index (χ2v) is 19.2. The summed E-state index contributed by atoms with van der Waals surface area (Å²) in [6.07, 6.45) is 5.18. The number of phosphoric acid groups is 3. The number of phosphoric ester groups is 3. The molecule has 0 radical (unpaired) electrons. The number of nitrogen functional groups attached to an aromatic ring is 1. The van der Waals surface area contributed by atoms with Crippen LogP contribution in [0.3, 0.4) is 0 Å². The van der Waals surface area contributed by atoms with E-state index in [1.807, 2.05) is 12.2 Å². The number of hydrogen-bond donors (Lipinski definition) is 9. The third kappa shape index (κ3) is 17.1. The number of amides is 2. The number of aliphatic hydroxyl groups is 2. The SMILES string of the molecule is CCC/C=C/C/C=C/CCC(=O)SCCNC(=O)CCNC(=O)C(O)C(C)(C)COP(=O)(O)OP(=O)(O)OCC1OC(n2cnc3c(N)ncnc32)C(O)C1OP(=O)(O)O. The molecule has 10 N–H and O–H groups in total. The molecule has 3 heterocycles. The van der Waals surface area contributed by atoms with E-state index >= 15 is 0 Å². The number of nitrogens with zero attached hydrogens (tertiary/aromatic N) is 4. The predicted octanol–water partition coefficient (Wildman–Crippen LogP) is 1.75. The Morgan fingerprint density at radius 1 is 1.00 bits per heavy atom. The number of thioether (sulfide) groups is 1. The second kappa shape index (κ2) is 23.5. The summed E-state index contributed by atoms with van der Waals surface area (Å²) in [4.78, 5) is 87.8. The first-order valence-corrected chi connectivity index (χ1v) is 23.9. The molecule has 338 valence electrons. The number of nitrogens with two attached hydrogens (primary N) is 1. The summed E-state index contributed by atoms with van der Waals surface area (Å²) in [6, 6.07) is 0. The van der Waals surface area contributed by atoms with Gasteiger partial charge in [0.1, 0.15) is 36.3 Å². The van der Waals surface area contributed by atoms with Crippen LogP contribution in [0.15, 0.2) is 37.0 Å². The number of fused-ring (bicyclic) bond motifs is 1. The highest BCUT2D eigenvalue weighted by Crippen LogP contribution is 2.61. The summed E-state index contributed by atoms with van der Waals surface area (Å²) < 4.78 is 62.2. The zero-order valence-electron chi connectivity index (χ0n) is 32.9. The zero-order valence-corrected chi connectivity index (χ0v) is 36.4. The maximum atomic E-state index is 12.7. The number of rotatable bonds is 26. The lowest BCUT2D eigenvalue weighted by atomic mass is 9.87. The Hall–Kier alpha value is -2.96. The summed E-state index contributed by atoms with van der Waals surface area (Å²) in [7, 11) is -16.4. The van der Waals surface area contributed by atoms with Crippen LogP contribution in [-0.2, 0) is 50.7 Å². The van der Waals surface area contributed by atoms with Crippen molar-refractivity contribution < 1.29 is 80.5 Å². The molecule has 0 saturated carbocycles. The lowest BCUT2D eigenvalue weighted by Crippen LogP contribution is -2.46. The molecule has 2 amide bonds. The van der Waals surface area contributed by atoms with Gasteiger partial charge in [0, 0.05) is 37.1 Å². The fourth-order valence-corrected chi connectivity index (χ4v) is 8.76. The summed E-state index contributed by atoms with van der Waals surface area (Å²) >= 11 is 1.10. The minimum atomic E-state index is -5.57. The molecule has 0 aromatic carbocycles. The molecule has 60 heavy (non-hydrogen) atoms. The molecule has 24 nitrogen and oxygen atoms in total. The standard InChI is InChI=1S/C32H52N7O17P3S/c1-4-5-6-7-8-9-10-11-12-23(41)60-16-15-34-22(40)13-14-35-30(44)27(43)32(2,3)18-53-59(50,51)56-58(48,49)52-17-21-26(55-57(45,46)47)25(42)31(54-21)39-20-38-24-28(33)36-19-37-29(24)39/h6-7,9-10,19-21,25-27,31,42-43H,4-5,8,11-18H2,1-3H3,(H,34,40)(H,35,44)(H,48,49)(H,50,51)(H2,33,36,37)(H2,45,46,47)/b7-6+,10-9+. The van der Waals surface area contributed by atoms with Gasteiger partial charge in [0.05, 0.1) is 19.5 Å². The minimum absolute atomic E-state index is 0.00708. The first-order valence-electron chi connectivity index (χ1n) is 18.4. The van der Waals surface area contributed by atoms with E-state index in [1.54, 1.807) is 0 Å². The fourth-order valence-electron chi connectivity index (χ4n) is 5.24. The Morgan fingerprint density at radius 3 is 2.37 bits per heavy atom. The van der Waals surface area contributed by atoms with Crippen molar-refractivity contribution in [1.82, 2.24) is 30.2 Å². The highest BCUT2D eigenvalue weighted by Gasteiger charge is 2.50. The van der Waals surface area contributed by atoms with Crippen molar-refractivity contribution in [1.29, 1.82) is 0 Å². The van der Waals surface area contributed by atoms with Gasteiger partial charge in [0.25, 0.3) is 0 Å². The van der Waals surface area contributed by atoms with Gasteiger partial charge in [-0.05, 0) is 19.3 Å². The van der Waals surface area contributed by atoms with Gasteiger partial charge < -0.3 is 50.9 Å².